The molecule has 1 aliphatic rings. The van der Waals surface area contributed by atoms with Gasteiger partial charge in [0.1, 0.15) is 18.1 Å². The second-order valence-electron chi connectivity index (χ2n) is 9.27. The Bertz CT molecular complexity index is 1220. The van der Waals surface area contributed by atoms with Crippen molar-refractivity contribution in [2.75, 3.05) is 25.0 Å². The number of hydrogen-bond acceptors (Lipinski definition) is 4. The zero-order valence-corrected chi connectivity index (χ0v) is 21.0. The topological polar surface area (TPSA) is 75.0 Å². The fraction of sp³-hybridized carbons (Fsp3) is 0.357. The van der Waals surface area contributed by atoms with E-state index in [1.807, 2.05) is 43.3 Å². The lowest BCUT2D eigenvalue weighted by Gasteiger charge is -2.29. The Morgan fingerprint density at radius 2 is 1.79 bits per heavy atom. The van der Waals surface area contributed by atoms with Gasteiger partial charge in [-0.3, -0.25) is 4.79 Å². The normalized spacial score (nSPS) is 15.3. The van der Waals surface area contributed by atoms with E-state index >= 15 is 0 Å². The highest BCUT2D eigenvalue weighted by Crippen LogP contribution is 2.30. The molecule has 1 unspecified atom stereocenters. The number of alkyl halides is 3. The monoisotopic (exact) mass is 529 g/mol. The Morgan fingerprint density at radius 3 is 2.45 bits per heavy atom. The summed E-state index contributed by atoms with van der Waals surface area (Å²) in [5.41, 5.74) is 0.0184. The van der Waals surface area contributed by atoms with Crippen LogP contribution in [0, 0.1) is 6.92 Å². The largest absolute Gasteiger partial charge is 0.464 e. The molecule has 0 saturated carbocycles. The van der Waals surface area contributed by atoms with Crippen molar-refractivity contribution in [3.63, 3.8) is 0 Å². The predicted octanol–water partition coefficient (Wildman–Crippen LogP) is 5.85. The summed E-state index contributed by atoms with van der Waals surface area (Å²) < 4.78 is 50.8. The number of halogens is 3. The van der Waals surface area contributed by atoms with E-state index in [0.29, 0.717) is 24.7 Å². The zero-order chi connectivity index (χ0) is 27.1. The van der Waals surface area contributed by atoms with E-state index in [9.17, 15) is 22.8 Å². The number of ether oxygens (including phenoxy) is 1. The minimum absolute atomic E-state index is 0.0122. The number of carbonyl (C=O) groups excluding carboxylic acids is 2. The van der Waals surface area contributed by atoms with Gasteiger partial charge >= 0.3 is 12.2 Å². The van der Waals surface area contributed by atoms with Gasteiger partial charge in [0.15, 0.2) is 0 Å². The van der Waals surface area contributed by atoms with Crippen LogP contribution < -0.4 is 5.32 Å². The van der Waals surface area contributed by atoms with Gasteiger partial charge in [0.05, 0.1) is 18.2 Å². The number of furan rings is 1. The number of hydrogen-bond donors (Lipinski definition) is 1. The van der Waals surface area contributed by atoms with E-state index in [2.05, 4.69) is 5.32 Å². The Morgan fingerprint density at radius 1 is 1.00 bits per heavy atom. The summed E-state index contributed by atoms with van der Waals surface area (Å²) in [5, 5.41) is 2.52. The highest BCUT2D eigenvalue weighted by molar-refractivity contribution is 5.92. The molecular weight excluding hydrogens is 499 g/mol. The molecule has 1 aromatic heterocycles. The highest BCUT2D eigenvalue weighted by atomic mass is 19.4. The third-order valence-electron chi connectivity index (χ3n) is 6.21. The van der Waals surface area contributed by atoms with Crippen molar-refractivity contribution in [2.24, 2.45) is 0 Å². The maximum atomic E-state index is 13.6. The highest BCUT2D eigenvalue weighted by Gasteiger charge is 2.31. The number of nitrogens with one attached hydrogen (secondary N) is 1. The van der Waals surface area contributed by atoms with Crippen LogP contribution in [-0.2, 0) is 28.8 Å². The molecule has 1 N–H and O–H groups in total. The first-order valence-electron chi connectivity index (χ1n) is 12.4. The van der Waals surface area contributed by atoms with Crippen molar-refractivity contribution in [3.05, 3.63) is 89.4 Å². The minimum Gasteiger partial charge on any atom is -0.464 e. The molecule has 2 heterocycles. The second kappa shape index (κ2) is 12.2. The third-order valence-corrected chi connectivity index (χ3v) is 6.21. The number of nitrogens with zero attached hydrogens (tertiary/aromatic N) is 2. The van der Waals surface area contributed by atoms with E-state index in [-0.39, 0.29) is 37.3 Å². The summed E-state index contributed by atoms with van der Waals surface area (Å²) in [5.74, 6) is 0.985. The lowest BCUT2D eigenvalue weighted by atomic mass is 10.2. The van der Waals surface area contributed by atoms with Crippen LogP contribution in [0.3, 0.4) is 0 Å². The molecular formula is C28H30F3N3O4. The maximum absolute atomic E-state index is 13.6. The second-order valence-corrected chi connectivity index (χ2v) is 9.27. The minimum atomic E-state index is -4.55. The van der Waals surface area contributed by atoms with Crippen molar-refractivity contribution in [1.29, 1.82) is 0 Å². The fourth-order valence-corrected chi connectivity index (χ4v) is 4.29. The molecule has 10 heteroatoms. The summed E-state index contributed by atoms with van der Waals surface area (Å²) in [6.07, 6.45) is -3.25. The molecule has 202 valence electrons. The molecule has 7 nitrogen and oxygen atoms in total. The number of amides is 3. The molecule has 4 rings (SSSR count). The van der Waals surface area contributed by atoms with Gasteiger partial charge in [-0.15, -0.1) is 0 Å². The Labute approximate surface area is 219 Å². The van der Waals surface area contributed by atoms with Gasteiger partial charge in [-0.05, 0) is 55.7 Å². The van der Waals surface area contributed by atoms with Gasteiger partial charge in [0.2, 0.25) is 5.91 Å². The molecule has 0 radical (unpaired) electrons. The first-order valence-corrected chi connectivity index (χ1v) is 12.4. The van der Waals surface area contributed by atoms with Gasteiger partial charge in [0.25, 0.3) is 0 Å². The van der Waals surface area contributed by atoms with Crippen molar-refractivity contribution < 1.29 is 31.9 Å². The molecule has 2 aromatic carbocycles. The molecule has 38 heavy (non-hydrogen) atoms. The van der Waals surface area contributed by atoms with Crippen molar-refractivity contribution in [1.82, 2.24) is 9.80 Å². The zero-order valence-electron chi connectivity index (χ0n) is 21.0. The van der Waals surface area contributed by atoms with Crippen LogP contribution >= 0.6 is 0 Å². The summed E-state index contributed by atoms with van der Waals surface area (Å²) in [6.45, 7) is 2.72. The number of benzene rings is 2. The van der Waals surface area contributed by atoms with Crippen molar-refractivity contribution in [2.45, 2.75) is 45.1 Å². The molecule has 0 spiro atoms. The Hall–Kier alpha value is -3.79. The van der Waals surface area contributed by atoms with Gasteiger partial charge < -0.3 is 24.3 Å². The Balaban J connectivity index is 1.52. The van der Waals surface area contributed by atoms with Crippen LogP contribution in [0.5, 0.6) is 0 Å². The number of aryl methyl sites for hydroxylation is 1. The van der Waals surface area contributed by atoms with Crippen LogP contribution in [0.1, 0.15) is 35.5 Å². The smallest absolute Gasteiger partial charge is 0.416 e. The van der Waals surface area contributed by atoms with E-state index in [4.69, 9.17) is 9.15 Å². The Kier molecular flexibility index (Phi) is 8.73. The molecule has 0 aliphatic carbocycles. The SMILES string of the molecule is Cc1ccc(CN(Cc2ccccc2)C(=O)CN(CC2CCCO2)C(=O)Nc2cccc(C(F)(F)F)c2)o1. The van der Waals surface area contributed by atoms with E-state index in [1.165, 1.54) is 17.0 Å². The summed E-state index contributed by atoms with van der Waals surface area (Å²) >= 11 is 0. The number of rotatable bonds is 9. The molecule has 1 atom stereocenters. The van der Waals surface area contributed by atoms with Gasteiger partial charge in [0, 0.05) is 25.4 Å². The van der Waals surface area contributed by atoms with Gasteiger partial charge in [-0.25, -0.2) is 4.79 Å². The van der Waals surface area contributed by atoms with Crippen LogP contribution in [0.4, 0.5) is 23.7 Å². The van der Waals surface area contributed by atoms with Crippen LogP contribution in [-0.4, -0.2) is 47.5 Å². The average molecular weight is 530 g/mol. The molecule has 3 amide bonds. The summed E-state index contributed by atoms with van der Waals surface area (Å²) in [6, 6.07) is 16.8. The molecule has 0 bridgehead atoms. The predicted molar refractivity (Wildman–Crippen MR) is 135 cm³/mol. The number of urea groups is 1. The number of carbonyl (C=O) groups is 2. The molecule has 1 fully saturated rings. The van der Waals surface area contributed by atoms with E-state index in [0.717, 1.165) is 30.5 Å². The third kappa shape index (κ3) is 7.61. The fourth-order valence-electron chi connectivity index (χ4n) is 4.29. The summed E-state index contributed by atoms with van der Waals surface area (Å²) in [4.78, 5) is 29.7. The van der Waals surface area contributed by atoms with Gasteiger partial charge in [-0.2, -0.15) is 13.2 Å². The lowest BCUT2D eigenvalue weighted by molar-refractivity contribution is -0.137. The number of anilines is 1. The van der Waals surface area contributed by atoms with Crippen molar-refractivity contribution in [3.8, 4) is 0 Å². The quantitative estimate of drug-likeness (QED) is 0.378. The van der Waals surface area contributed by atoms with Crippen LogP contribution in [0.15, 0.2) is 71.1 Å². The average Bonchev–Trinajstić information content (AvgIpc) is 3.55. The first kappa shape index (κ1) is 27.3. The lowest BCUT2D eigenvalue weighted by Crippen LogP contribution is -2.46. The molecule has 1 aliphatic heterocycles. The van der Waals surface area contributed by atoms with E-state index in [1.54, 1.807) is 11.0 Å². The van der Waals surface area contributed by atoms with E-state index < -0.39 is 17.8 Å². The van der Waals surface area contributed by atoms with Crippen LogP contribution in [0.2, 0.25) is 0 Å². The summed E-state index contributed by atoms with van der Waals surface area (Å²) in [7, 11) is 0. The first-order chi connectivity index (χ1) is 18.2. The molecule has 3 aromatic rings. The maximum Gasteiger partial charge on any atom is 0.416 e. The van der Waals surface area contributed by atoms with Crippen LogP contribution in [0.25, 0.3) is 0 Å². The standard InChI is InChI=1S/C28H30F3N3O4/c1-20-12-13-25(38-20)18-33(16-21-7-3-2-4-8-21)26(35)19-34(17-24-11-6-14-37-24)27(36)32-23-10-5-9-22(15-23)28(29,30)31/h2-5,7-10,12-13,15,24H,6,11,14,16-19H2,1H3,(H,32,36). The van der Waals surface area contributed by atoms with Gasteiger partial charge in [-0.1, -0.05) is 36.4 Å². The van der Waals surface area contributed by atoms with Crippen molar-refractivity contribution >= 4 is 17.6 Å². The molecule has 1 saturated heterocycles.